The van der Waals surface area contributed by atoms with Crippen molar-refractivity contribution in [1.29, 1.82) is 5.26 Å². The van der Waals surface area contributed by atoms with Crippen LogP contribution < -0.4 is 5.32 Å². The van der Waals surface area contributed by atoms with Crippen molar-refractivity contribution in [2.75, 3.05) is 13.1 Å². The zero-order valence-electron chi connectivity index (χ0n) is 12.9. The second-order valence-electron chi connectivity index (χ2n) is 5.81. The number of carbonyl (C=O) groups excluding carboxylic acids is 2. The predicted octanol–water partition coefficient (Wildman–Crippen LogP) is 1.72. The number of benzene rings is 1. The van der Waals surface area contributed by atoms with Crippen LogP contribution in [0, 0.1) is 18.3 Å². The minimum Gasteiger partial charge on any atom is -0.360 e. The lowest BCUT2D eigenvalue weighted by molar-refractivity contribution is -0.130. The summed E-state index contributed by atoms with van der Waals surface area (Å²) in [6.07, 6.45) is 3.19. The van der Waals surface area contributed by atoms with Gasteiger partial charge in [0, 0.05) is 23.6 Å². The number of amides is 2. The number of carbonyl (C=O) groups is 2. The van der Waals surface area contributed by atoms with E-state index in [9.17, 15) is 9.59 Å². The molecule has 0 bridgehead atoms. The molecule has 0 spiro atoms. The quantitative estimate of drug-likeness (QED) is 0.904. The number of nitrogens with zero attached hydrogens (tertiary/aromatic N) is 2. The van der Waals surface area contributed by atoms with E-state index in [4.69, 9.17) is 5.26 Å². The van der Waals surface area contributed by atoms with Crippen LogP contribution in [0.3, 0.4) is 0 Å². The Kier molecular flexibility index (Phi) is 4.02. The summed E-state index contributed by atoms with van der Waals surface area (Å²) in [5, 5.41) is 12.5. The lowest BCUT2D eigenvalue weighted by atomic mass is 10.1. The van der Waals surface area contributed by atoms with Crippen molar-refractivity contribution < 1.29 is 9.59 Å². The molecule has 118 valence electrons. The third-order valence-corrected chi connectivity index (χ3v) is 4.20. The molecule has 1 atom stereocenters. The lowest BCUT2D eigenvalue weighted by Gasteiger charge is -2.19. The fourth-order valence-electron chi connectivity index (χ4n) is 2.97. The van der Waals surface area contributed by atoms with Crippen LogP contribution >= 0.6 is 0 Å². The monoisotopic (exact) mass is 310 g/mol. The molecule has 1 unspecified atom stereocenters. The van der Waals surface area contributed by atoms with E-state index in [-0.39, 0.29) is 24.4 Å². The minimum absolute atomic E-state index is 0.0878. The number of likely N-dealkylation sites (tertiary alicyclic amines) is 1. The number of nitriles is 1. The first kappa shape index (κ1) is 15.1. The summed E-state index contributed by atoms with van der Waals surface area (Å²) in [5.74, 6) is -0.499. The minimum atomic E-state index is -0.366. The van der Waals surface area contributed by atoms with Crippen LogP contribution in [0.1, 0.15) is 28.8 Å². The second kappa shape index (κ2) is 6.13. The third kappa shape index (κ3) is 2.90. The molecule has 2 amide bonds. The zero-order valence-corrected chi connectivity index (χ0v) is 12.9. The van der Waals surface area contributed by atoms with Crippen molar-refractivity contribution in [3.8, 4) is 6.07 Å². The van der Waals surface area contributed by atoms with Gasteiger partial charge >= 0.3 is 0 Å². The van der Waals surface area contributed by atoms with E-state index in [2.05, 4.69) is 16.4 Å². The molecule has 0 radical (unpaired) electrons. The molecular formula is C17H18N4O2. The average Bonchev–Trinajstić information content (AvgIpc) is 3.18. The van der Waals surface area contributed by atoms with Crippen LogP contribution in [0.4, 0.5) is 0 Å². The molecule has 0 aliphatic carbocycles. The molecule has 2 aromatic rings. The van der Waals surface area contributed by atoms with Gasteiger partial charge in [0.1, 0.15) is 6.04 Å². The summed E-state index contributed by atoms with van der Waals surface area (Å²) in [6.45, 7) is 2.46. The molecule has 6 nitrogen and oxygen atoms in total. The summed E-state index contributed by atoms with van der Waals surface area (Å²) in [6, 6.07) is 7.60. The number of hydrogen-bond donors (Lipinski definition) is 2. The van der Waals surface area contributed by atoms with E-state index < -0.39 is 0 Å². The lowest BCUT2D eigenvalue weighted by Crippen LogP contribution is -2.42. The maximum Gasteiger partial charge on any atom is 0.253 e. The number of aryl methyl sites for hydroxylation is 1. The fraction of sp³-hybridized carbons (Fsp3) is 0.353. The Morgan fingerprint density at radius 2 is 2.30 bits per heavy atom. The number of hydrogen-bond acceptors (Lipinski definition) is 3. The number of H-pyrrole nitrogens is 1. The van der Waals surface area contributed by atoms with Crippen molar-refractivity contribution in [2.45, 2.75) is 25.8 Å². The van der Waals surface area contributed by atoms with Crippen molar-refractivity contribution in [3.63, 3.8) is 0 Å². The Bertz CT molecular complexity index is 803. The molecular weight excluding hydrogens is 292 g/mol. The van der Waals surface area contributed by atoms with Gasteiger partial charge in [0.2, 0.25) is 5.91 Å². The molecule has 1 aromatic heterocycles. The molecule has 23 heavy (non-hydrogen) atoms. The number of aromatic nitrogens is 1. The Morgan fingerprint density at radius 1 is 1.48 bits per heavy atom. The van der Waals surface area contributed by atoms with Crippen LogP contribution in [-0.4, -0.2) is 40.8 Å². The number of nitrogens with one attached hydrogen (secondary N) is 2. The van der Waals surface area contributed by atoms with E-state index in [1.54, 1.807) is 11.1 Å². The second-order valence-corrected chi connectivity index (χ2v) is 5.81. The summed E-state index contributed by atoms with van der Waals surface area (Å²) < 4.78 is 0. The first-order valence-corrected chi connectivity index (χ1v) is 7.65. The number of rotatable bonds is 3. The molecule has 0 saturated carbocycles. The van der Waals surface area contributed by atoms with Gasteiger partial charge in [-0.05, 0) is 31.9 Å². The summed E-state index contributed by atoms with van der Waals surface area (Å²) in [7, 11) is 0. The topological polar surface area (TPSA) is 89.0 Å². The molecule has 1 aromatic carbocycles. The van der Waals surface area contributed by atoms with E-state index in [1.807, 2.05) is 25.1 Å². The highest BCUT2D eigenvalue weighted by atomic mass is 16.2. The molecule has 1 saturated heterocycles. The van der Waals surface area contributed by atoms with Gasteiger partial charge in [-0.1, -0.05) is 11.6 Å². The standard InChI is InChI=1S/C17H18N4O2/c1-11-4-5-15-13(7-11)14(9-19-15)17(23)20-10-16(22)21-6-2-3-12(21)8-18/h4-5,7,9,12,19H,2-3,6,10H2,1H3,(H,20,23). The molecule has 2 N–H and O–H groups in total. The van der Waals surface area contributed by atoms with Crippen molar-refractivity contribution >= 4 is 22.7 Å². The third-order valence-electron chi connectivity index (χ3n) is 4.20. The highest BCUT2D eigenvalue weighted by Gasteiger charge is 2.28. The van der Waals surface area contributed by atoms with Gasteiger partial charge in [0.15, 0.2) is 0 Å². The maximum atomic E-state index is 12.3. The Morgan fingerprint density at radius 3 is 3.09 bits per heavy atom. The van der Waals surface area contributed by atoms with Crippen molar-refractivity contribution in [2.24, 2.45) is 0 Å². The Balaban J connectivity index is 1.68. The fourth-order valence-corrected chi connectivity index (χ4v) is 2.97. The van der Waals surface area contributed by atoms with E-state index in [0.717, 1.165) is 22.9 Å². The van der Waals surface area contributed by atoms with Gasteiger partial charge in [-0.15, -0.1) is 0 Å². The highest BCUT2D eigenvalue weighted by molar-refractivity contribution is 6.07. The number of aromatic amines is 1. The Hall–Kier alpha value is -2.81. The molecule has 1 aliphatic heterocycles. The normalized spacial score (nSPS) is 17.2. The van der Waals surface area contributed by atoms with Crippen LogP contribution in [-0.2, 0) is 4.79 Å². The summed E-state index contributed by atoms with van der Waals surface area (Å²) in [5.41, 5.74) is 2.47. The summed E-state index contributed by atoms with van der Waals surface area (Å²) >= 11 is 0. The van der Waals surface area contributed by atoms with Crippen LogP contribution in [0.25, 0.3) is 10.9 Å². The van der Waals surface area contributed by atoms with Crippen LogP contribution in [0.2, 0.25) is 0 Å². The van der Waals surface area contributed by atoms with E-state index >= 15 is 0 Å². The highest BCUT2D eigenvalue weighted by Crippen LogP contribution is 2.20. The average molecular weight is 310 g/mol. The van der Waals surface area contributed by atoms with Crippen molar-refractivity contribution in [1.82, 2.24) is 15.2 Å². The van der Waals surface area contributed by atoms with Gasteiger partial charge in [0.05, 0.1) is 18.2 Å². The first-order valence-electron chi connectivity index (χ1n) is 7.65. The van der Waals surface area contributed by atoms with Gasteiger partial charge < -0.3 is 15.2 Å². The molecule has 1 fully saturated rings. The van der Waals surface area contributed by atoms with E-state index in [1.165, 1.54) is 0 Å². The van der Waals surface area contributed by atoms with E-state index in [0.29, 0.717) is 18.5 Å². The predicted molar refractivity (Wildman–Crippen MR) is 85.7 cm³/mol. The van der Waals surface area contributed by atoms with Gasteiger partial charge in [0.25, 0.3) is 5.91 Å². The van der Waals surface area contributed by atoms with Gasteiger partial charge in [-0.2, -0.15) is 5.26 Å². The van der Waals surface area contributed by atoms with Gasteiger partial charge in [-0.3, -0.25) is 9.59 Å². The molecule has 6 heteroatoms. The SMILES string of the molecule is Cc1ccc2[nH]cc(C(=O)NCC(=O)N3CCCC3C#N)c2c1. The van der Waals surface area contributed by atoms with Crippen LogP contribution in [0.5, 0.6) is 0 Å². The number of fused-ring (bicyclic) bond motifs is 1. The molecule has 3 rings (SSSR count). The van der Waals surface area contributed by atoms with Crippen molar-refractivity contribution in [3.05, 3.63) is 35.5 Å². The summed E-state index contributed by atoms with van der Waals surface area (Å²) in [4.78, 5) is 29.1. The largest absolute Gasteiger partial charge is 0.360 e. The van der Waals surface area contributed by atoms with Gasteiger partial charge in [-0.25, -0.2) is 0 Å². The van der Waals surface area contributed by atoms with Crippen LogP contribution in [0.15, 0.2) is 24.4 Å². The maximum absolute atomic E-state index is 12.3. The molecule has 2 heterocycles. The first-order chi connectivity index (χ1) is 11.1. The smallest absolute Gasteiger partial charge is 0.253 e. The Labute approximate surface area is 134 Å². The zero-order chi connectivity index (χ0) is 16.4. The molecule has 1 aliphatic rings.